The SMILES string of the molecule is COc1ccc(COc2cc(Cl)ccc2O)cc1. The molecule has 0 atom stereocenters. The Kier molecular flexibility index (Phi) is 3.95. The van der Waals surface area contributed by atoms with Gasteiger partial charge < -0.3 is 14.6 Å². The summed E-state index contributed by atoms with van der Waals surface area (Å²) < 4.78 is 10.6. The van der Waals surface area contributed by atoms with Crippen molar-refractivity contribution in [2.75, 3.05) is 7.11 Å². The topological polar surface area (TPSA) is 38.7 Å². The molecule has 94 valence electrons. The minimum absolute atomic E-state index is 0.0768. The number of phenols is 1. The maximum Gasteiger partial charge on any atom is 0.162 e. The van der Waals surface area contributed by atoms with Crippen molar-refractivity contribution in [3.8, 4) is 17.2 Å². The van der Waals surface area contributed by atoms with Crippen LogP contribution in [0.2, 0.25) is 5.02 Å². The van der Waals surface area contributed by atoms with E-state index in [1.807, 2.05) is 24.3 Å². The van der Waals surface area contributed by atoms with Crippen molar-refractivity contribution in [1.82, 2.24) is 0 Å². The van der Waals surface area contributed by atoms with E-state index in [9.17, 15) is 5.11 Å². The van der Waals surface area contributed by atoms with Crippen LogP contribution in [0.15, 0.2) is 42.5 Å². The van der Waals surface area contributed by atoms with Crippen LogP contribution in [-0.2, 0) is 6.61 Å². The Morgan fingerprint density at radius 1 is 1.11 bits per heavy atom. The molecule has 0 amide bonds. The van der Waals surface area contributed by atoms with E-state index in [4.69, 9.17) is 21.1 Å². The van der Waals surface area contributed by atoms with Gasteiger partial charge in [-0.1, -0.05) is 23.7 Å². The van der Waals surface area contributed by atoms with Crippen molar-refractivity contribution in [1.29, 1.82) is 0 Å². The van der Waals surface area contributed by atoms with Gasteiger partial charge in [-0.3, -0.25) is 0 Å². The Morgan fingerprint density at radius 3 is 2.50 bits per heavy atom. The van der Waals surface area contributed by atoms with Crippen LogP contribution in [-0.4, -0.2) is 12.2 Å². The Hall–Kier alpha value is -1.87. The van der Waals surface area contributed by atoms with Crippen molar-refractivity contribution in [2.24, 2.45) is 0 Å². The minimum Gasteiger partial charge on any atom is -0.504 e. The normalized spacial score (nSPS) is 10.1. The summed E-state index contributed by atoms with van der Waals surface area (Å²) in [4.78, 5) is 0. The number of hydrogen-bond acceptors (Lipinski definition) is 3. The number of phenolic OH excluding ortho intramolecular Hbond substituents is 1. The molecule has 2 aromatic rings. The highest BCUT2D eigenvalue weighted by atomic mass is 35.5. The smallest absolute Gasteiger partial charge is 0.162 e. The maximum atomic E-state index is 9.59. The molecule has 4 heteroatoms. The molecule has 0 saturated heterocycles. The average Bonchev–Trinajstić information content (AvgIpc) is 2.40. The van der Waals surface area contributed by atoms with Crippen LogP contribution in [0.1, 0.15) is 5.56 Å². The molecule has 2 aromatic carbocycles. The quantitative estimate of drug-likeness (QED) is 0.916. The van der Waals surface area contributed by atoms with E-state index in [-0.39, 0.29) is 5.75 Å². The number of methoxy groups -OCH3 is 1. The van der Waals surface area contributed by atoms with Crippen LogP contribution >= 0.6 is 11.6 Å². The molecule has 0 radical (unpaired) electrons. The van der Waals surface area contributed by atoms with Crippen molar-refractivity contribution < 1.29 is 14.6 Å². The molecule has 1 N–H and O–H groups in total. The van der Waals surface area contributed by atoms with Crippen LogP contribution in [0.3, 0.4) is 0 Å². The van der Waals surface area contributed by atoms with Gasteiger partial charge in [-0.05, 0) is 29.8 Å². The lowest BCUT2D eigenvalue weighted by Gasteiger charge is -2.09. The first-order chi connectivity index (χ1) is 8.69. The zero-order valence-corrected chi connectivity index (χ0v) is 10.6. The molecule has 0 aliphatic heterocycles. The van der Waals surface area contributed by atoms with Gasteiger partial charge in [0.25, 0.3) is 0 Å². The summed E-state index contributed by atoms with van der Waals surface area (Å²) >= 11 is 5.83. The lowest BCUT2D eigenvalue weighted by molar-refractivity contribution is 0.289. The fraction of sp³-hybridized carbons (Fsp3) is 0.143. The molecular formula is C14H13ClO3. The summed E-state index contributed by atoms with van der Waals surface area (Å²) in [7, 11) is 1.62. The Labute approximate surface area is 111 Å². The number of ether oxygens (including phenoxy) is 2. The minimum atomic E-state index is 0.0768. The molecule has 0 heterocycles. The summed E-state index contributed by atoms with van der Waals surface area (Å²) in [6, 6.07) is 12.2. The van der Waals surface area contributed by atoms with E-state index in [0.717, 1.165) is 11.3 Å². The molecule has 3 nitrogen and oxygen atoms in total. The van der Waals surface area contributed by atoms with Gasteiger partial charge in [0.2, 0.25) is 0 Å². The van der Waals surface area contributed by atoms with E-state index in [2.05, 4.69) is 0 Å². The fourth-order valence-electron chi connectivity index (χ4n) is 1.49. The zero-order valence-electron chi connectivity index (χ0n) is 9.89. The zero-order chi connectivity index (χ0) is 13.0. The molecular weight excluding hydrogens is 252 g/mol. The third-order valence-corrected chi connectivity index (χ3v) is 2.71. The lowest BCUT2D eigenvalue weighted by atomic mass is 10.2. The molecule has 0 unspecified atom stereocenters. The second-order valence-electron chi connectivity index (χ2n) is 3.75. The van der Waals surface area contributed by atoms with Crippen LogP contribution in [0.4, 0.5) is 0 Å². The van der Waals surface area contributed by atoms with Crippen LogP contribution in [0.25, 0.3) is 0 Å². The molecule has 0 fully saturated rings. The molecule has 0 aromatic heterocycles. The van der Waals surface area contributed by atoms with E-state index in [0.29, 0.717) is 17.4 Å². The van der Waals surface area contributed by atoms with E-state index in [1.54, 1.807) is 19.2 Å². The first-order valence-electron chi connectivity index (χ1n) is 5.43. The Balaban J connectivity index is 2.04. The lowest BCUT2D eigenvalue weighted by Crippen LogP contribution is -1.95. The number of rotatable bonds is 4. The molecule has 0 aliphatic carbocycles. The highest BCUT2D eigenvalue weighted by Crippen LogP contribution is 2.29. The van der Waals surface area contributed by atoms with Gasteiger partial charge in [0, 0.05) is 11.1 Å². The molecule has 0 saturated carbocycles. The van der Waals surface area contributed by atoms with Gasteiger partial charge in [0.1, 0.15) is 12.4 Å². The van der Waals surface area contributed by atoms with Gasteiger partial charge in [-0.15, -0.1) is 0 Å². The molecule has 0 spiro atoms. The van der Waals surface area contributed by atoms with Gasteiger partial charge in [-0.25, -0.2) is 0 Å². The fourth-order valence-corrected chi connectivity index (χ4v) is 1.65. The predicted octanol–water partition coefficient (Wildman–Crippen LogP) is 3.63. The van der Waals surface area contributed by atoms with E-state index in [1.165, 1.54) is 6.07 Å². The van der Waals surface area contributed by atoms with E-state index >= 15 is 0 Å². The first-order valence-corrected chi connectivity index (χ1v) is 5.81. The number of halogens is 1. The van der Waals surface area contributed by atoms with Crippen molar-refractivity contribution in [3.63, 3.8) is 0 Å². The largest absolute Gasteiger partial charge is 0.504 e. The third-order valence-electron chi connectivity index (χ3n) is 2.48. The second-order valence-corrected chi connectivity index (χ2v) is 4.19. The first kappa shape index (κ1) is 12.6. The Bertz CT molecular complexity index is 523. The summed E-state index contributed by atoms with van der Waals surface area (Å²) in [6.07, 6.45) is 0. The highest BCUT2D eigenvalue weighted by Gasteiger charge is 2.03. The van der Waals surface area contributed by atoms with Crippen molar-refractivity contribution >= 4 is 11.6 Å². The highest BCUT2D eigenvalue weighted by molar-refractivity contribution is 6.30. The molecule has 2 rings (SSSR count). The molecule has 18 heavy (non-hydrogen) atoms. The summed E-state index contributed by atoms with van der Waals surface area (Å²) in [5, 5.41) is 10.1. The van der Waals surface area contributed by atoms with Crippen molar-refractivity contribution in [3.05, 3.63) is 53.1 Å². The number of hydrogen-bond donors (Lipinski definition) is 1. The standard InChI is InChI=1S/C14H13ClO3/c1-17-12-5-2-10(3-6-12)9-18-14-8-11(15)4-7-13(14)16/h2-8,16H,9H2,1H3. The summed E-state index contributed by atoms with van der Waals surface area (Å²) in [6.45, 7) is 0.359. The van der Waals surface area contributed by atoms with Gasteiger partial charge >= 0.3 is 0 Å². The van der Waals surface area contributed by atoms with Gasteiger partial charge in [0.15, 0.2) is 11.5 Å². The Morgan fingerprint density at radius 2 is 1.83 bits per heavy atom. The van der Waals surface area contributed by atoms with Gasteiger partial charge in [0.05, 0.1) is 7.11 Å². The summed E-state index contributed by atoms with van der Waals surface area (Å²) in [5.41, 5.74) is 0.982. The second kappa shape index (κ2) is 5.65. The van der Waals surface area contributed by atoms with Crippen molar-refractivity contribution in [2.45, 2.75) is 6.61 Å². The average molecular weight is 265 g/mol. The maximum absolute atomic E-state index is 9.59. The summed E-state index contributed by atoms with van der Waals surface area (Å²) in [5.74, 6) is 1.25. The molecule has 0 aliphatic rings. The molecule has 0 bridgehead atoms. The van der Waals surface area contributed by atoms with Crippen LogP contribution in [0.5, 0.6) is 17.2 Å². The van der Waals surface area contributed by atoms with Gasteiger partial charge in [-0.2, -0.15) is 0 Å². The van der Waals surface area contributed by atoms with Crippen LogP contribution < -0.4 is 9.47 Å². The predicted molar refractivity (Wildman–Crippen MR) is 70.4 cm³/mol. The monoisotopic (exact) mass is 264 g/mol. The third kappa shape index (κ3) is 3.08. The van der Waals surface area contributed by atoms with Crippen LogP contribution in [0, 0.1) is 0 Å². The number of aromatic hydroxyl groups is 1. The number of benzene rings is 2. The van der Waals surface area contributed by atoms with E-state index < -0.39 is 0 Å².